The molecule has 1 aromatic carbocycles. The van der Waals surface area contributed by atoms with Crippen molar-refractivity contribution in [1.29, 1.82) is 0 Å². The summed E-state index contributed by atoms with van der Waals surface area (Å²) in [5.74, 6) is 0.997. The number of aromatic nitrogens is 4. The highest BCUT2D eigenvalue weighted by molar-refractivity contribution is 6.32. The van der Waals surface area contributed by atoms with Gasteiger partial charge in [0, 0.05) is 5.02 Å². The highest BCUT2D eigenvalue weighted by Crippen LogP contribution is 2.31. The second-order valence-electron chi connectivity index (χ2n) is 4.40. The fourth-order valence-electron chi connectivity index (χ4n) is 1.94. The van der Waals surface area contributed by atoms with Gasteiger partial charge in [-0.2, -0.15) is 15.1 Å². The molecule has 20 heavy (non-hydrogen) atoms. The number of hydrogen-bond donors (Lipinski definition) is 1. The lowest BCUT2D eigenvalue weighted by Crippen LogP contribution is -1.93. The molecule has 0 amide bonds. The van der Waals surface area contributed by atoms with Crippen LogP contribution in [0.5, 0.6) is 11.6 Å². The number of aromatic amines is 1. The highest BCUT2D eigenvalue weighted by Gasteiger charge is 2.12. The lowest BCUT2D eigenvalue weighted by molar-refractivity contribution is 0.467. The summed E-state index contributed by atoms with van der Waals surface area (Å²) in [6, 6.07) is 3.69. The van der Waals surface area contributed by atoms with E-state index in [4.69, 9.17) is 27.9 Å². The zero-order valence-corrected chi connectivity index (χ0v) is 12.2. The molecule has 3 aromatic rings. The van der Waals surface area contributed by atoms with Gasteiger partial charge in [-0.25, -0.2) is 0 Å². The van der Waals surface area contributed by atoms with Crippen LogP contribution in [-0.2, 0) is 0 Å². The van der Waals surface area contributed by atoms with Crippen molar-refractivity contribution in [1.82, 2.24) is 20.2 Å². The molecule has 2 heterocycles. The molecule has 0 bridgehead atoms. The zero-order valence-electron chi connectivity index (χ0n) is 10.7. The molecular formula is C13H10Cl2N4O. The molecule has 0 aliphatic carbocycles. The van der Waals surface area contributed by atoms with Gasteiger partial charge in [0.2, 0.25) is 11.2 Å². The Morgan fingerprint density at radius 1 is 1.10 bits per heavy atom. The predicted molar refractivity (Wildman–Crippen MR) is 77.7 cm³/mol. The molecule has 0 unspecified atom stereocenters. The Kier molecular flexibility index (Phi) is 3.23. The Morgan fingerprint density at radius 2 is 1.80 bits per heavy atom. The number of fused-ring (bicyclic) bond motifs is 1. The molecule has 0 saturated carbocycles. The molecule has 7 heteroatoms. The van der Waals surface area contributed by atoms with E-state index in [0.29, 0.717) is 22.7 Å². The largest absolute Gasteiger partial charge is 0.438 e. The number of benzene rings is 1. The molecule has 102 valence electrons. The summed E-state index contributed by atoms with van der Waals surface area (Å²) in [5, 5.41) is 8.13. The molecule has 0 aliphatic rings. The van der Waals surface area contributed by atoms with Crippen molar-refractivity contribution in [2.45, 2.75) is 13.8 Å². The van der Waals surface area contributed by atoms with E-state index in [1.54, 1.807) is 6.20 Å². The summed E-state index contributed by atoms with van der Waals surface area (Å²) in [6.07, 6.45) is 1.59. The van der Waals surface area contributed by atoms with Crippen molar-refractivity contribution in [2.75, 3.05) is 0 Å². The molecule has 0 atom stereocenters. The van der Waals surface area contributed by atoms with Crippen molar-refractivity contribution < 1.29 is 4.74 Å². The van der Waals surface area contributed by atoms with Crippen molar-refractivity contribution in [3.05, 3.63) is 39.8 Å². The highest BCUT2D eigenvalue weighted by atomic mass is 35.5. The monoisotopic (exact) mass is 308 g/mol. The Hall–Kier alpha value is -1.85. The van der Waals surface area contributed by atoms with Gasteiger partial charge in [-0.05, 0) is 48.7 Å². The van der Waals surface area contributed by atoms with Crippen LogP contribution in [0.4, 0.5) is 0 Å². The van der Waals surface area contributed by atoms with Crippen LogP contribution in [0.2, 0.25) is 10.3 Å². The van der Waals surface area contributed by atoms with E-state index in [1.807, 2.05) is 26.0 Å². The normalized spacial score (nSPS) is 11.0. The summed E-state index contributed by atoms with van der Waals surface area (Å²) in [4.78, 5) is 8.11. The van der Waals surface area contributed by atoms with Crippen LogP contribution < -0.4 is 4.74 Å². The fourth-order valence-corrected chi connectivity index (χ4v) is 2.21. The molecule has 1 N–H and O–H groups in total. The van der Waals surface area contributed by atoms with Gasteiger partial charge in [-0.1, -0.05) is 11.6 Å². The average Bonchev–Trinajstić information content (AvgIpc) is 2.84. The molecule has 5 nitrogen and oxygen atoms in total. The van der Waals surface area contributed by atoms with Crippen molar-refractivity contribution in [3.8, 4) is 11.6 Å². The van der Waals surface area contributed by atoms with Gasteiger partial charge in [0.15, 0.2) is 5.65 Å². The number of H-pyrrole nitrogens is 1. The third kappa shape index (κ3) is 2.30. The van der Waals surface area contributed by atoms with Crippen molar-refractivity contribution in [3.63, 3.8) is 0 Å². The summed E-state index contributed by atoms with van der Waals surface area (Å²) in [6.45, 7) is 3.84. The smallest absolute Gasteiger partial charge is 0.234 e. The summed E-state index contributed by atoms with van der Waals surface area (Å²) < 4.78 is 5.79. The molecule has 0 fully saturated rings. The van der Waals surface area contributed by atoms with Gasteiger partial charge in [0.05, 0.1) is 6.20 Å². The molecular weight excluding hydrogens is 299 g/mol. The van der Waals surface area contributed by atoms with Crippen LogP contribution in [-0.4, -0.2) is 20.2 Å². The van der Waals surface area contributed by atoms with Crippen molar-refractivity contribution in [2.24, 2.45) is 0 Å². The number of halogens is 2. The maximum absolute atomic E-state index is 6.14. The molecule has 3 rings (SSSR count). The minimum absolute atomic E-state index is 0.0964. The average molecular weight is 309 g/mol. The first-order valence-electron chi connectivity index (χ1n) is 5.86. The Balaban J connectivity index is 2.07. The number of ether oxygens (including phenoxy) is 1. The Bertz CT molecular complexity index is 777. The van der Waals surface area contributed by atoms with Gasteiger partial charge >= 0.3 is 0 Å². The van der Waals surface area contributed by atoms with E-state index in [0.717, 1.165) is 16.1 Å². The third-order valence-corrected chi connectivity index (χ3v) is 3.64. The number of aryl methyl sites for hydroxylation is 2. The van der Waals surface area contributed by atoms with Crippen LogP contribution in [0.15, 0.2) is 18.3 Å². The first-order valence-corrected chi connectivity index (χ1v) is 6.61. The number of rotatable bonds is 2. The standard InChI is InChI=1S/C13H10Cl2N4O/c1-6-3-8(4-7(2)10(6)14)20-12-9-5-16-19-11(9)17-13(15)18-12/h3-5H,1-2H3,(H,16,17,18,19). The van der Waals surface area contributed by atoms with Crippen LogP contribution in [0.25, 0.3) is 11.0 Å². The SMILES string of the molecule is Cc1cc(Oc2nc(Cl)nc3[nH]ncc23)cc(C)c1Cl. The van der Waals surface area contributed by atoms with Crippen LogP contribution in [0.3, 0.4) is 0 Å². The second kappa shape index (κ2) is 4.92. The maximum Gasteiger partial charge on any atom is 0.234 e. The van der Waals surface area contributed by atoms with Gasteiger partial charge in [-0.15, -0.1) is 0 Å². The van der Waals surface area contributed by atoms with Gasteiger partial charge in [0.1, 0.15) is 11.1 Å². The second-order valence-corrected chi connectivity index (χ2v) is 5.12. The van der Waals surface area contributed by atoms with Crippen LogP contribution >= 0.6 is 23.2 Å². The number of nitrogens with zero attached hydrogens (tertiary/aromatic N) is 3. The van der Waals surface area contributed by atoms with Crippen LogP contribution in [0, 0.1) is 13.8 Å². The predicted octanol–water partition coefficient (Wildman–Crippen LogP) is 4.07. The zero-order chi connectivity index (χ0) is 14.3. The first kappa shape index (κ1) is 13.1. The quantitative estimate of drug-likeness (QED) is 0.725. The lowest BCUT2D eigenvalue weighted by Gasteiger charge is -2.09. The van der Waals surface area contributed by atoms with E-state index in [2.05, 4.69) is 20.2 Å². The Labute approximate surface area is 124 Å². The molecule has 2 aromatic heterocycles. The topological polar surface area (TPSA) is 63.7 Å². The molecule has 0 saturated heterocycles. The molecule has 0 radical (unpaired) electrons. The minimum atomic E-state index is 0.0964. The minimum Gasteiger partial charge on any atom is -0.438 e. The molecule has 0 aliphatic heterocycles. The van der Waals surface area contributed by atoms with Gasteiger partial charge in [0.25, 0.3) is 0 Å². The third-order valence-electron chi connectivity index (χ3n) is 2.87. The van der Waals surface area contributed by atoms with Gasteiger partial charge < -0.3 is 4.74 Å². The number of nitrogens with one attached hydrogen (secondary N) is 1. The van der Waals surface area contributed by atoms with Crippen LogP contribution in [0.1, 0.15) is 11.1 Å². The van der Waals surface area contributed by atoms with Crippen molar-refractivity contribution >= 4 is 34.2 Å². The summed E-state index contributed by atoms with van der Waals surface area (Å²) in [7, 11) is 0. The van der Waals surface area contributed by atoms with E-state index in [1.165, 1.54) is 0 Å². The first-order chi connectivity index (χ1) is 9.54. The summed E-state index contributed by atoms with van der Waals surface area (Å²) >= 11 is 12.0. The maximum atomic E-state index is 6.14. The Morgan fingerprint density at radius 3 is 2.50 bits per heavy atom. The van der Waals surface area contributed by atoms with E-state index >= 15 is 0 Å². The van der Waals surface area contributed by atoms with E-state index < -0.39 is 0 Å². The lowest BCUT2D eigenvalue weighted by atomic mass is 10.1. The molecule has 0 spiro atoms. The van der Waals surface area contributed by atoms with E-state index in [9.17, 15) is 0 Å². The van der Waals surface area contributed by atoms with E-state index in [-0.39, 0.29) is 5.28 Å². The number of hydrogen-bond acceptors (Lipinski definition) is 4. The fraction of sp³-hybridized carbons (Fsp3) is 0.154. The summed E-state index contributed by atoms with van der Waals surface area (Å²) in [5.41, 5.74) is 2.40. The van der Waals surface area contributed by atoms with Gasteiger partial charge in [-0.3, -0.25) is 5.10 Å².